The fourth-order valence-corrected chi connectivity index (χ4v) is 3.52. The van der Waals surface area contributed by atoms with Gasteiger partial charge in [-0.05, 0) is 31.9 Å². The van der Waals surface area contributed by atoms with E-state index in [-0.39, 0.29) is 0 Å². The summed E-state index contributed by atoms with van der Waals surface area (Å²) in [6.45, 7) is 3.64. The van der Waals surface area contributed by atoms with Crippen LogP contribution in [-0.2, 0) is 6.54 Å². The van der Waals surface area contributed by atoms with E-state index in [9.17, 15) is 0 Å². The van der Waals surface area contributed by atoms with Crippen molar-refractivity contribution in [2.24, 2.45) is 0 Å². The molecule has 1 aliphatic heterocycles. The highest BCUT2D eigenvalue weighted by Gasteiger charge is 2.19. The number of rotatable bonds is 3. The number of fused-ring (bicyclic) bond motifs is 1. The average Bonchev–Trinajstić information content (AvgIpc) is 2.74. The van der Waals surface area contributed by atoms with Crippen molar-refractivity contribution in [3.63, 3.8) is 0 Å². The van der Waals surface area contributed by atoms with E-state index in [0.29, 0.717) is 6.04 Å². The van der Waals surface area contributed by atoms with E-state index in [1.54, 1.807) is 11.3 Å². The van der Waals surface area contributed by atoms with Gasteiger partial charge >= 0.3 is 0 Å². The van der Waals surface area contributed by atoms with Gasteiger partial charge in [-0.3, -0.25) is 0 Å². The van der Waals surface area contributed by atoms with Crippen molar-refractivity contribution in [1.29, 1.82) is 0 Å². The zero-order valence-corrected chi connectivity index (χ0v) is 13.8. The maximum atomic E-state index is 5.83. The molecule has 0 fully saturated rings. The Morgan fingerprint density at radius 3 is 3.20 bits per heavy atom. The lowest BCUT2D eigenvalue weighted by Gasteiger charge is -2.18. The molecule has 20 heavy (non-hydrogen) atoms. The molecule has 3 nitrogen and oxygen atoms in total. The van der Waals surface area contributed by atoms with Crippen molar-refractivity contribution in [1.82, 2.24) is 10.3 Å². The topological polar surface area (TPSA) is 34.1 Å². The van der Waals surface area contributed by atoms with Gasteiger partial charge < -0.3 is 10.1 Å². The van der Waals surface area contributed by atoms with Gasteiger partial charge in [0.25, 0.3) is 0 Å². The van der Waals surface area contributed by atoms with E-state index >= 15 is 0 Å². The Hall–Kier alpha value is -0.910. The third-order valence-corrected chi connectivity index (χ3v) is 4.87. The van der Waals surface area contributed by atoms with Gasteiger partial charge in [-0.15, -0.1) is 11.3 Å². The Labute approximate surface area is 131 Å². The van der Waals surface area contributed by atoms with Crippen molar-refractivity contribution in [3.8, 4) is 5.75 Å². The normalized spacial score (nSPS) is 18.2. The minimum absolute atomic E-state index is 0.338. The number of hydrogen-bond acceptors (Lipinski definition) is 4. The van der Waals surface area contributed by atoms with E-state index in [2.05, 4.69) is 49.8 Å². The number of aromatic nitrogens is 1. The highest BCUT2D eigenvalue weighted by atomic mass is 79.9. The first-order chi connectivity index (χ1) is 9.72. The first-order valence-corrected chi connectivity index (χ1v) is 8.46. The molecule has 1 aromatic carbocycles. The molecule has 0 saturated carbocycles. The van der Waals surface area contributed by atoms with Crippen molar-refractivity contribution in [3.05, 3.63) is 44.3 Å². The Bertz CT molecular complexity index is 599. The Kier molecular flexibility index (Phi) is 4.38. The van der Waals surface area contributed by atoms with E-state index in [0.717, 1.165) is 46.9 Å². The first kappa shape index (κ1) is 14.0. The molecule has 0 amide bonds. The summed E-state index contributed by atoms with van der Waals surface area (Å²) in [6.07, 6.45) is 2.17. The van der Waals surface area contributed by atoms with Crippen LogP contribution in [0.1, 0.15) is 35.1 Å². The molecule has 1 atom stereocenters. The number of hydrogen-bond donors (Lipinski definition) is 1. The van der Waals surface area contributed by atoms with Gasteiger partial charge in [-0.2, -0.15) is 0 Å². The molecule has 1 aromatic heterocycles. The zero-order valence-electron chi connectivity index (χ0n) is 11.4. The fourth-order valence-electron chi connectivity index (χ4n) is 2.45. The van der Waals surface area contributed by atoms with Crippen molar-refractivity contribution < 1.29 is 4.74 Å². The van der Waals surface area contributed by atoms with Crippen LogP contribution in [0.4, 0.5) is 0 Å². The number of benzene rings is 1. The molecule has 0 bridgehead atoms. The highest BCUT2D eigenvalue weighted by molar-refractivity contribution is 9.10. The van der Waals surface area contributed by atoms with Crippen LogP contribution in [0.25, 0.3) is 0 Å². The van der Waals surface area contributed by atoms with Gasteiger partial charge in [0.2, 0.25) is 0 Å². The van der Waals surface area contributed by atoms with E-state index in [4.69, 9.17) is 4.74 Å². The monoisotopic (exact) mass is 352 g/mol. The molecule has 1 unspecified atom stereocenters. The third-order valence-electron chi connectivity index (χ3n) is 3.41. The SMILES string of the molecule is Cc1csc(CNC2CCCOc3cc(Br)ccc32)n1. The summed E-state index contributed by atoms with van der Waals surface area (Å²) in [5, 5.41) is 6.86. The van der Waals surface area contributed by atoms with Gasteiger partial charge in [0.15, 0.2) is 0 Å². The molecule has 3 rings (SSSR count). The van der Waals surface area contributed by atoms with Crippen LogP contribution in [-0.4, -0.2) is 11.6 Å². The second kappa shape index (κ2) is 6.24. The van der Waals surface area contributed by atoms with Crippen LogP contribution in [0.5, 0.6) is 5.75 Å². The van der Waals surface area contributed by atoms with Crippen LogP contribution in [0.3, 0.4) is 0 Å². The standard InChI is InChI=1S/C15H17BrN2OS/c1-10-9-20-15(18-10)8-17-13-3-2-6-19-14-7-11(16)4-5-12(13)14/h4-5,7,9,13,17H,2-3,6,8H2,1H3. The quantitative estimate of drug-likeness (QED) is 0.897. The van der Waals surface area contributed by atoms with E-state index in [1.807, 2.05) is 6.92 Å². The molecule has 5 heteroatoms. The lowest BCUT2D eigenvalue weighted by Crippen LogP contribution is -2.20. The molecule has 1 aliphatic rings. The summed E-state index contributed by atoms with van der Waals surface area (Å²) >= 11 is 5.22. The largest absolute Gasteiger partial charge is 0.493 e. The van der Waals surface area contributed by atoms with Crippen LogP contribution >= 0.6 is 27.3 Å². The first-order valence-electron chi connectivity index (χ1n) is 6.79. The second-order valence-electron chi connectivity index (χ2n) is 4.99. The fraction of sp³-hybridized carbons (Fsp3) is 0.400. The molecule has 106 valence electrons. The Morgan fingerprint density at radius 2 is 2.40 bits per heavy atom. The number of ether oxygens (including phenoxy) is 1. The Balaban J connectivity index is 1.76. The van der Waals surface area contributed by atoms with Crippen LogP contribution in [0.15, 0.2) is 28.1 Å². The van der Waals surface area contributed by atoms with Gasteiger partial charge in [-0.1, -0.05) is 22.0 Å². The van der Waals surface area contributed by atoms with E-state index < -0.39 is 0 Å². The van der Waals surface area contributed by atoms with Crippen LogP contribution in [0, 0.1) is 6.92 Å². The smallest absolute Gasteiger partial charge is 0.125 e. The minimum Gasteiger partial charge on any atom is -0.493 e. The number of halogens is 1. The summed E-state index contributed by atoms with van der Waals surface area (Å²) in [5.41, 5.74) is 2.35. The lowest BCUT2D eigenvalue weighted by atomic mass is 10.0. The Morgan fingerprint density at radius 1 is 1.50 bits per heavy atom. The number of nitrogens with one attached hydrogen (secondary N) is 1. The van der Waals surface area contributed by atoms with Gasteiger partial charge in [0, 0.05) is 33.7 Å². The number of thiazole rings is 1. The minimum atomic E-state index is 0.338. The van der Waals surface area contributed by atoms with Crippen molar-refractivity contribution >= 4 is 27.3 Å². The zero-order chi connectivity index (χ0) is 13.9. The maximum Gasteiger partial charge on any atom is 0.125 e. The molecule has 2 heterocycles. The highest BCUT2D eigenvalue weighted by Crippen LogP contribution is 2.33. The molecule has 0 aliphatic carbocycles. The molecular formula is C15H17BrN2OS. The third kappa shape index (κ3) is 3.22. The number of aryl methyl sites for hydroxylation is 1. The summed E-state index contributed by atoms with van der Waals surface area (Å²) in [5.74, 6) is 0.990. The van der Waals surface area contributed by atoms with Crippen LogP contribution in [0.2, 0.25) is 0 Å². The molecule has 2 aromatic rings. The molecule has 0 radical (unpaired) electrons. The molecule has 1 N–H and O–H groups in total. The summed E-state index contributed by atoms with van der Waals surface area (Å²) < 4.78 is 6.90. The van der Waals surface area contributed by atoms with E-state index in [1.165, 1.54) is 5.56 Å². The predicted octanol–water partition coefficient (Wildman–Crippen LogP) is 4.22. The second-order valence-corrected chi connectivity index (χ2v) is 6.85. The van der Waals surface area contributed by atoms with Gasteiger partial charge in [0.1, 0.15) is 10.8 Å². The lowest BCUT2D eigenvalue weighted by molar-refractivity contribution is 0.315. The summed E-state index contributed by atoms with van der Waals surface area (Å²) in [6, 6.07) is 6.62. The summed E-state index contributed by atoms with van der Waals surface area (Å²) in [4.78, 5) is 4.51. The maximum absolute atomic E-state index is 5.83. The van der Waals surface area contributed by atoms with Gasteiger partial charge in [-0.25, -0.2) is 4.98 Å². The molecular weight excluding hydrogens is 336 g/mol. The van der Waals surface area contributed by atoms with Crippen molar-refractivity contribution in [2.75, 3.05) is 6.61 Å². The van der Waals surface area contributed by atoms with Crippen molar-refractivity contribution in [2.45, 2.75) is 32.4 Å². The van der Waals surface area contributed by atoms with Gasteiger partial charge in [0.05, 0.1) is 6.61 Å². The average molecular weight is 353 g/mol. The molecule has 0 saturated heterocycles. The summed E-state index contributed by atoms with van der Waals surface area (Å²) in [7, 11) is 0. The predicted molar refractivity (Wildman–Crippen MR) is 85.3 cm³/mol. The van der Waals surface area contributed by atoms with Crippen LogP contribution < -0.4 is 10.1 Å². The molecule has 0 spiro atoms. The number of nitrogens with zero attached hydrogens (tertiary/aromatic N) is 1.